The van der Waals surface area contributed by atoms with E-state index in [0.717, 1.165) is 35.3 Å². The van der Waals surface area contributed by atoms with Gasteiger partial charge in [-0.25, -0.2) is 4.79 Å². The Morgan fingerprint density at radius 2 is 1.53 bits per heavy atom. The molecule has 4 nitrogen and oxygen atoms in total. The van der Waals surface area contributed by atoms with Gasteiger partial charge in [0.05, 0.1) is 18.0 Å². The summed E-state index contributed by atoms with van der Waals surface area (Å²) >= 11 is 3.99. The summed E-state index contributed by atoms with van der Waals surface area (Å²) in [4.78, 5) is 11.4. The first kappa shape index (κ1) is 24.3. The van der Waals surface area contributed by atoms with Crippen LogP contribution in [0, 0.1) is 0 Å². The van der Waals surface area contributed by atoms with Gasteiger partial charge in [-0.1, -0.05) is 72.8 Å². The lowest BCUT2D eigenvalue weighted by Crippen LogP contribution is -2.12. The van der Waals surface area contributed by atoms with Gasteiger partial charge in [0.1, 0.15) is 0 Å². The Kier molecular flexibility index (Phi) is 8.99. The van der Waals surface area contributed by atoms with Gasteiger partial charge in [0.2, 0.25) is 0 Å². The molecule has 176 valence electrons. The summed E-state index contributed by atoms with van der Waals surface area (Å²) in [5.74, 6) is 2.12. The fraction of sp³-hybridized carbons (Fsp3) is 0.250. The lowest BCUT2D eigenvalue weighted by Gasteiger charge is -2.16. The van der Waals surface area contributed by atoms with E-state index >= 15 is 0 Å². The van der Waals surface area contributed by atoms with E-state index in [1.54, 1.807) is 0 Å². The number of carbonyl (C=O) groups excluding carboxylic acids is 1. The van der Waals surface area contributed by atoms with Gasteiger partial charge in [-0.2, -0.15) is 0 Å². The summed E-state index contributed by atoms with van der Waals surface area (Å²) in [6.07, 6.45) is 3.75. The number of methoxy groups -OCH3 is 1. The van der Waals surface area contributed by atoms with E-state index in [4.69, 9.17) is 9.15 Å². The molecule has 1 heterocycles. The quantitative estimate of drug-likeness (QED) is 0.155. The molecule has 0 spiro atoms. The third-order valence-electron chi connectivity index (χ3n) is 5.42. The summed E-state index contributed by atoms with van der Waals surface area (Å²) in [6, 6.07) is 27.0. The van der Waals surface area contributed by atoms with Gasteiger partial charge in [0.15, 0.2) is 17.9 Å². The van der Waals surface area contributed by atoms with Crippen LogP contribution in [-0.2, 0) is 27.5 Å². The van der Waals surface area contributed by atoms with E-state index in [-0.39, 0.29) is 6.61 Å². The van der Waals surface area contributed by atoms with E-state index in [0.29, 0.717) is 15.9 Å². The lowest BCUT2D eigenvalue weighted by atomic mass is 10.1. The van der Waals surface area contributed by atoms with Crippen molar-refractivity contribution in [2.45, 2.75) is 28.9 Å². The van der Waals surface area contributed by atoms with Crippen molar-refractivity contribution in [2.24, 2.45) is 0 Å². The van der Waals surface area contributed by atoms with Crippen molar-refractivity contribution in [1.82, 2.24) is 0 Å². The van der Waals surface area contributed by atoms with Gasteiger partial charge < -0.3 is 13.9 Å². The number of aryl methyl sites for hydroxylation is 1. The smallest absolute Gasteiger partial charge is 0.343 e. The molecule has 0 bridgehead atoms. The number of para-hydroxylation sites is 1. The fourth-order valence-corrected chi connectivity index (χ4v) is 6.11. The molecular weight excluding hydrogens is 464 g/mol. The molecule has 0 aliphatic carbocycles. The molecule has 0 atom stereocenters. The van der Waals surface area contributed by atoms with Gasteiger partial charge in [-0.15, -0.1) is 23.5 Å². The van der Waals surface area contributed by atoms with Crippen LogP contribution in [0.2, 0.25) is 0 Å². The maximum Gasteiger partial charge on any atom is 0.343 e. The van der Waals surface area contributed by atoms with Crippen LogP contribution < -0.4 is 4.74 Å². The summed E-state index contributed by atoms with van der Waals surface area (Å²) < 4.78 is 16.6. The Bertz CT molecular complexity index is 1130. The first-order valence-electron chi connectivity index (χ1n) is 11.2. The highest BCUT2D eigenvalue weighted by Crippen LogP contribution is 2.35. The zero-order valence-electron chi connectivity index (χ0n) is 19.1. The zero-order valence-corrected chi connectivity index (χ0v) is 20.8. The van der Waals surface area contributed by atoms with Crippen molar-refractivity contribution in [3.8, 4) is 5.75 Å². The van der Waals surface area contributed by atoms with Crippen molar-refractivity contribution in [3.63, 3.8) is 0 Å². The first-order valence-corrected chi connectivity index (χ1v) is 13.3. The maximum absolute atomic E-state index is 11.4. The maximum atomic E-state index is 11.4. The summed E-state index contributed by atoms with van der Waals surface area (Å²) in [5.41, 5.74) is 4.52. The number of benzene rings is 3. The van der Waals surface area contributed by atoms with E-state index in [2.05, 4.69) is 65.4 Å². The standard InChI is InChI=1S/C28H28O4S2/c1-30-26(29)18-31-25-14-8-13-24-23(17-32-28(24)25)15-16-27(33-19-21-9-4-2-5-10-21)34-20-22-11-6-3-7-12-22/h2-14,17,27H,15-16,18-20H2,1H3. The largest absolute Gasteiger partial charge is 0.478 e. The topological polar surface area (TPSA) is 48.7 Å². The van der Waals surface area contributed by atoms with E-state index < -0.39 is 5.97 Å². The molecule has 4 aromatic rings. The van der Waals surface area contributed by atoms with Crippen LogP contribution in [0.3, 0.4) is 0 Å². The van der Waals surface area contributed by atoms with E-state index in [1.807, 2.05) is 48.0 Å². The molecule has 1 aromatic heterocycles. The normalized spacial score (nSPS) is 11.1. The summed E-state index contributed by atoms with van der Waals surface area (Å²) in [6.45, 7) is -0.139. The number of hydrogen-bond donors (Lipinski definition) is 0. The van der Waals surface area contributed by atoms with E-state index in [9.17, 15) is 4.79 Å². The molecule has 0 radical (unpaired) electrons. The zero-order chi connectivity index (χ0) is 23.6. The minimum Gasteiger partial charge on any atom is -0.478 e. The predicted octanol–water partition coefficient (Wildman–Crippen LogP) is 7.11. The fourth-order valence-electron chi connectivity index (χ4n) is 3.60. The van der Waals surface area contributed by atoms with Gasteiger partial charge in [0.25, 0.3) is 0 Å². The molecule has 6 heteroatoms. The van der Waals surface area contributed by atoms with Crippen LogP contribution in [-0.4, -0.2) is 24.3 Å². The van der Waals surface area contributed by atoms with Crippen LogP contribution in [0.5, 0.6) is 5.75 Å². The number of esters is 1. The minimum atomic E-state index is -0.419. The van der Waals surface area contributed by atoms with Crippen molar-refractivity contribution in [3.05, 3.63) is 102 Å². The Balaban J connectivity index is 1.42. The Morgan fingerprint density at radius 3 is 2.15 bits per heavy atom. The van der Waals surface area contributed by atoms with Gasteiger partial charge in [-0.3, -0.25) is 0 Å². The third kappa shape index (κ3) is 6.84. The minimum absolute atomic E-state index is 0.139. The molecule has 0 N–H and O–H groups in total. The van der Waals surface area contributed by atoms with Gasteiger partial charge in [-0.05, 0) is 35.6 Å². The first-order chi connectivity index (χ1) is 16.7. The number of hydrogen-bond acceptors (Lipinski definition) is 6. The highest BCUT2D eigenvalue weighted by Gasteiger charge is 2.16. The summed E-state index contributed by atoms with van der Waals surface area (Å²) in [5, 5.41) is 1.03. The number of thioether (sulfide) groups is 2. The second-order valence-electron chi connectivity index (χ2n) is 7.82. The number of carbonyl (C=O) groups is 1. The van der Waals surface area contributed by atoms with Crippen molar-refractivity contribution >= 4 is 40.5 Å². The molecule has 0 amide bonds. The van der Waals surface area contributed by atoms with Crippen LogP contribution >= 0.6 is 23.5 Å². The summed E-state index contributed by atoms with van der Waals surface area (Å²) in [7, 11) is 1.35. The molecule has 0 unspecified atom stereocenters. The average molecular weight is 493 g/mol. The number of furan rings is 1. The second-order valence-corrected chi connectivity index (χ2v) is 10.5. The van der Waals surface area contributed by atoms with Crippen molar-refractivity contribution in [2.75, 3.05) is 13.7 Å². The molecule has 0 aliphatic heterocycles. The molecule has 0 saturated heterocycles. The number of ether oxygens (including phenoxy) is 2. The predicted molar refractivity (Wildman–Crippen MR) is 141 cm³/mol. The Hall–Kier alpha value is -2.83. The third-order valence-corrected chi connectivity index (χ3v) is 8.46. The van der Waals surface area contributed by atoms with Crippen molar-refractivity contribution < 1.29 is 18.7 Å². The van der Waals surface area contributed by atoms with E-state index in [1.165, 1.54) is 18.2 Å². The Morgan fingerprint density at radius 1 is 0.882 bits per heavy atom. The molecule has 34 heavy (non-hydrogen) atoms. The number of rotatable bonds is 12. The van der Waals surface area contributed by atoms with Crippen LogP contribution in [0.4, 0.5) is 0 Å². The van der Waals surface area contributed by atoms with Gasteiger partial charge >= 0.3 is 5.97 Å². The molecule has 4 rings (SSSR count). The monoisotopic (exact) mass is 492 g/mol. The second kappa shape index (κ2) is 12.6. The Labute approximate surface area is 209 Å². The molecule has 0 saturated carbocycles. The lowest BCUT2D eigenvalue weighted by molar-refractivity contribution is -0.142. The highest BCUT2D eigenvalue weighted by atomic mass is 32.2. The molecule has 3 aromatic carbocycles. The van der Waals surface area contributed by atoms with Gasteiger partial charge in [0, 0.05) is 16.9 Å². The highest BCUT2D eigenvalue weighted by molar-refractivity contribution is 8.16. The average Bonchev–Trinajstić information content (AvgIpc) is 3.31. The SMILES string of the molecule is COC(=O)COc1cccc2c(CCC(SCc3ccccc3)SCc3ccccc3)coc12. The molecule has 0 aliphatic rings. The van der Waals surface area contributed by atoms with Crippen LogP contribution in [0.1, 0.15) is 23.1 Å². The molecule has 0 fully saturated rings. The van der Waals surface area contributed by atoms with Crippen molar-refractivity contribution in [1.29, 1.82) is 0 Å². The van der Waals surface area contributed by atoms with Crippen LogP contribution in [0.15, 0.2) is 89.5 Å². The van der Waals surface area contributed by atoms with Crippen LogP contribution in [0.25, 0.3) is 11.0 Å². The molecular formula is C28H28O4S2. The number of fused-ring (bicyclic) bond motifs is 1.